The van der Waals surface area contributed by atoms with Gasteiger partial charge in [-0.05, 0) is 41.8 Å². The number of rotatable bonds is 5. The summed E-state index contributed by atoms with van der Waals surface area (Å²) < 4.78 is 18.3. The second-order valence-corrected chi connectivity index (χ2v) is 4.85. The van der Waals surface area contributed by atoms with Crippen LogP contribution < -0.4 is 16.0 Å². The summed E-state index contributed by atoms with van der Waals surface area (Å²) in [5, 5.41) is 0.119. The molecule has 106 valence electrons. The van der Waals surface area contributed by atoms with Gasteiger partial charge >= 0.3 is 0 Å². The van der Waals surface area contributed by atoms with Gasteiger partial charge in [-0.15, -0.1) is 0 Å². The molecule has 0 saturated heterocycles. The fourth-order valence-corrected chi connectivity index (χ4v) is 2.21. The van der Waals surface area contributed by atoms with Gasteiger partial charge < -0.3 is 4.74 Å². The van der Waals surface area contributed by atoms with E-state index in [4.69, 9.17) is 22.2 Å². The van der Waals surface area contributed by atoms with E-state index in [1.165, 1.54) is 6.07 Å². The highest BCUT2D eigenvalue weighted by Gasteiger charge is 2.12. The van der Waals surface area contributed by atoms with Crippen molar-refractivity contribution in [3.63, 3.8) is 0 Å². The second kappa shape index (κ2) is 6.70. The van der Waals surface area contributed by atoms with Crippen molar-refractivity contribution in [3.8, 4) is 5.75 Å². The molecule has 0 bridgehead atoms. The first kappa shape index (κ1) is 14.8. The Hall–Kier alpha value is -1.62. The van der Waals surface area contributed by atoms with Gasteiger partial charge in [0.25, 0.3) is 0 Å². The first-order valence-electron chi connectivity index (χ1n) is 6.18. The van der Waals surface area contributed by atoms with Crippen LogP contribution >= 0.6 is 11.6 Å². The molecule has 0 aliphatic carbocycles. The summed E-state index contributed by atoms with van der Waals surface area (Å²) in [6, 6.07) is 12.2. The summed E-state index contributed by atoms with van der Waals surface area (Å²) in [6.45, 7) is 0. The number of benzene rings is 2. The van der Waals surface area contributed by atoms with Crippen molar-refractivity contribution in [1.82, 2.24) is 5.43 Å². The Morgan fingerprint density at radius 1 is 1.25 bits per heavy atom. The summed E-state index contributed by atoms with van der Waals surface area (Å²) >= 11 is 5.78. The van der Waals surface area contributed by atoms with Crippen LogP contribution in [0.3, 0.4) is 0 Å². The molecule has 20 heavy (non-hydrogen) atoms. The van der Waals surface area contributed by atoms with Crippen LogP contribution in [0.4, 0.5) is 4.39 Å². The van der Waals surface area contributed by atoms with Crippen molar-refractivity contribution in [2.24, 2.45) is 5.84 Å². The van der Waals surface area contributed by atoms with Crippen LogP contribution in [0.15, 0.2) is 42.5 Å². The predicted octanol–water partition coefficient (Wildman–Crippen LogP) is 3.23. The molecule has 5 heteroatoms. The van der Waals surface area contributed by atoms with E-state index in [0.717, 1.165) is 16.9 Å². The van der Waals surface area contributed by atoms with Crippen molar-refractivity contribution >= 4 is 11.6 Å². The maximum Gasteiger partial charge on any atom is 0.141 e. The zero-order valence-corrected chi connectivity index (χ0v) is 11.8. The fourth-order valence-electron chi connectivity index (χ4n) is 2.01. The van der Waals surface area contributed by atoms with E-state index >= 15 is 0 Å². The van der Waals surface area contributed by atoms with E-state index in [0.29, 0.717) is 6.42 Å². The third-order valence-corrected chi connectivity index (χ3v) is 3.43. The zero-order valence-electron chi connectivity index (χ0n) is 11.1. The molecule has 0 spiro atoms. The van der Waals surface area contributed by atoms with Crippen molar-refractivity contribution in [2.45, 2.75) is 12.5 Å². The first-order valence-corrected chi connectivity index (χ1v) is 6.56. The van der Waals surface area contributed by atoms with Gasteiger partial charge in [-0.1, -0.05) is 29.8 Å². The molecular weight excluding hydrogens is 279 g/mol. The molecule has 0 amide bonds. The smallest absolute Gasteiger partial charge is 0.141 e. The number of hydrogen-bond donors (Lipinski definition) is 2. The van der Waals surface area contributed by atoms with Crippen molar-refractivity contribution in [2.75, 3.05) is 7.11 Å². The zero-order chi connectivity index (χ0) is 14.5. The standard InChI is InChI=1S/C15H16ClFN2O/c1-20-12-5-3-11(4-6-12)15(19-18)9-10-2-7-14(17)13(16)8-10/h2-8,15,19H,9,18H2,1H3. The van der Waals surface area contributed by atoms with E-state index in [2.05, 4.69) is 5.43 Å². The van der Waals surface area contributed by atoms with Gasteiger partial charge in [0, 0.05) is 6.04 Å². The van der Waals surface area contributed by atoms with Gasteiger partial charge in [-0.2, -0.15) is 0 Å². The average molecular weight is 295 g/mol. The number of halogens is 2. The molecule has 0 aliphatic heterocycles. The summed E-state index contributed by atoms with van der Waals surface area (Å²) in [4.78, 5) is 0. The Balaban J connectivity index is 2.16. The summed E-state index contributed by atoms with van der Waals surface area (Å²) in [5.41, 5.74) is 4.69. The van der Waals surface area contributed by atoms with Gasteiger partial charge in [0.05, 0.1) is 12.1 Å². The van der Waals surface area contributed by atoms with Crippen LogP contribution in [0.25, 0.3) is 0 Å². The molecule has 0 fully saturated rings. The number of methoxy groups -OCH3 is 1. The molecule has 3 nitrogen and oxygen atoms in total. The largest absolute Gasteiger partial charge is 0.497 e. The number of hydrogen-bond acceptors (Lipinski definition) is 3. The molecule has 2 rings (SSSR count). The number of hydrazine groups is 1. The normalized spacial score (nSPS) is 12.2. The van der Waals surface area contributed by atoms with Gasteiger partial charge in [-0.25, -0.2) is 4.39 Å². The maximum absolute atomic E-state index is 13.1. The SMILES string of the molecule is COc1ccc(C(Cc2ccc(F)c(Cl)c2)NN)cc1. The van der Waals surface area contributed by atoms with E-state index in [1.54, 1.807) is 19.2 Å². The molecule has 1 atom stereocenters. The van der Waals surface area contributed by atoms with Gasteiger partial charge in [-0.3, -0.25) is 11.3 Å². The summed E-state index contributed by atoms with van der Waals surface area (Å²) in [5.74, 6) is 5.97. The van der Waals surface area contributed by atoms with E-state index < -0.39 is 5.82 Å². The lowest BCUT2D eigenvalue weighted by Crippen LogP contribution is -2.29. The topological polar surface area (TPSA) is 47.3 Å². The van der Waals surface area contributed by atoms with E-state index in [9.17, 15) is 4.39 Å². The molecule has 2 aromatic rings. The Kier molecular flexibility index (Phi) is 4.95. The van der Waals surface area contributed by atoms with E-state index in [1.807, 2.05) is 24.3 Å². The van der Waals surface area contributed by atoms with Gasteiger partial charge in [0.1, 0.15) is 11.6 Å². The third kappa shape index (κ3) is 3.48. The van der Waals surface area contributed by atoms with E-state index in [-0.39, 0.29) is 11.1 Å². The molecule has 0 aliphatic rings. The van der Waals surface area contributed by atoms with Gasteiger partial charge in [0.15, 0.2) is 0 Å². The van der Waals surface area contributed by atoms with Crippen LogP contribution in [-0.2, 0) is 6.42 Å². The summed E-state index contributed by atoms with van der Waals surface area (Å²) in [6.07, 6.45) is 0.614. The van der Waals surface area contributed by atoms with Crippen LogP contribution in [0.5, 0.6) is 5.75 Å². The number of ether oxygens (including phenoxy) is 1. The lowest BCUT2D eigenvalue weighted by Gasteiger charge is -2.17. The lowest BCUT2D eigenvalue weighted by atomic mass is 9.99. The van der Waals surface area contributed by atoms with Crippen molar-refractivity contribution in [3.05, 3.63) is 64.4 Å². The van der Waals surface area contributed by atoms with Crippen LogP contribution in [0.2, 0.25) is 5.02 Å². The Bertz CT molecular complexity index is 575. The summed E-state index contributed by atoms with van der Waals surface area (Å²) in [7, 11) is 1.62. The Morgan fingerprint density at radius 2 is 1.95 bits per heavy atom. The highest BCUT2D eigenvalue weighted by Crippen LogP contribution is 2.23. The van der Waals surface area contributed by atoms with Gasteiger partial charge in [0.2, 0.25) is 0 Å². The number of nitrogens with one attached hydrogen (secondary N) is 1. The maximum atomic E-state index is 13.1. The van der Waals surface area contributed by atoms with Crippen molar-refractivity contribution < 1.29 is 9.13 Å². The first-order chi connectivity index (χ1) is 9.63. The van der Waals surface area contributed by atoms with Crippen LogP contribution in [-0.4, -0.2) is 7.11 Å². The Labute approximate surface area is 122 Å². The quantitative estimate of drug-likeness (QED) is 0.657. The molecule has 2 aromatic carbocycles. The minimum absolute atomic E-state index is 0.0811. The van der Waals surface area contributed by atoms with Crippen LogP contribution in [0, 0.1) is 5.82 Å². The fraction of sp³-hybridized carbons (Fsp3) is 0.200. The lowest BCUT2D eigenvalue weighted by molar-refractivity contribution is 0.414. The average Bonchev–Trinajstić information content (AvgIpc) is 2.48. The van der Waals surface area contributed by atoms with Crippen molar-refractivity contribution in [1.29, 1.82) is 0 Å². The van der Waals surface area contributed by atoms with Crippen LogP contribution in [0.1, 0.15) is 17.2 Å². The highest BCUT2D eigenvalue weighted by molar-refractivity contribution is 6.30. The minimum Gasteiger partial charge on any atom is -0.497 e. The molecule has 0 aromatic heterocycles. The molecular formula is C15H16ClFN2O. The molecule has 1 unspecified atom stereocenters. The highest BCUT2D eigenvalue weighted by atomic mass is 35.5. The molecule has 0 heterocycles. The second-order valence-electron chi connectivity index (χ2n) is 4.44. The third-order valence-electron chi connectivity index (χ3n) is 3.14. The minimum atomic E-state index is -0.419. The monoisotopic (exact) mass is 294 g/mol. The molecule has 0 radical (unpaired) electrons. The Morgan fingerprint density at radius 3 is 2.50 bits per heavy atom. The molecule has 0 saturated carbocycles. The number of nitrogens with two attached hydrogens (primary N) is 1. The predicted molar refractivity (Wildman–Crippen MR) is 78.2 cm³/mol. The molecule has 3 N–H and O–H groups in total.